The van der Waals surface area contributed by atoms with Crippen molar-refractivity contribution in [3.8, 4) is 5.75 Å². The molecule has 0 bridgehead atoms. The second-order valence-electron chi connectivity index (χ2n) is 6.35. The van der Waals surface area contributed by atoms with E-state index in [0.29, 0.717) is 22.5 Å². The Kier molecular flexibility index (Phi) is 7.35. The summed E-state index contributed by atoms with van der Waals surface area (Å²) in [5.41, 5.74) is 2.88. The lowest BCUT2D eigenvalue weighted by atomic mass is 10.2. The lowest BCUT2D eigenvalue weighted by molar-refractivity contribution is -0.127. The minimum atomic E-state index is 0.0212. The molecule has 1 heterocycles. The molecule has 0 radical (unpaired) electrons. The first-order valence-corrected chi connectivity index (χ1v) is 11.0. The third-order valence-electron chi connectivity index (χ3n) is 4.13. The summed E-state index contributed by atoms with van der Waals surface area (Å²) in [5.74, 6) is 1.10. The SMILES string of the molecule is COc1cccc(CN(C)C(=O)CSc2nnc(Nc3ccc(C)c(Cl)c3)s2)c1. The number of nitrogens with one attached hydrogen (secondary N) is 1. The number of carbonyl (C=O) groups excluding carboxylic acids is 1. The highest BCUT2D eigenvalue weighted by Gasteiger charge is 2.13. The van der Waals surface area contributed by atoms with E-state index in [1.165, 1.54) is 23.1 Å². The van der Waals surface area contributed by atoms with Gasteiger partial charge in [0.2, 0.25) is 11.0 Å². The molecule has 3 aromatic rings. The zero-order valence-corrected chi connectivity index (χ0v) is 18.7. The van der Waals surface area contributed by atoms with Gasteiger partial charge in [-0.05, 0) is 42.3 Å². The minimum Gasteiger partial charge on any atom is -0.497 e. The molecule has 0 aliphatic rings. The number of ether oxygens (including phenoxy) is 1. The van der Waals surface area contributed by atoms with Crippen LogP contribution in [0.1, 0.15) is 11.1 Å². The molecule has 3 rings (SSSR count). The summed E-state index contributed by atoms with van der Waals surface area (Å²) in [6.45, 7) is 2.47. The van der Waals surface area contributed by atoms with Crippen molar-refractivity contribution in [3.05, 3.63) is 58.6 Å². The van der Waals surface area contributed by atoms with Crippen LogP contribution in [-0.2, 0) is 11.3 Å². The zero-order chi connectivity index (χ0) is 20.8. The Balaban J connectivity index is 1.51. The number of halogens is 1. The Morgan fingerprint density at radius 2 is 2.10 bits per heavy atom. The van der Waals surface area contributed by atoms with Gasteiger partial charge >= 0.3 is 0 Å². The highest BCUT2D eigenvalue weighted by Crippen LogP contribution is 2.29. The van der Waals surface area contributed by atoms with Gasteiger partial charge in [0.15, 0.2) is 4.34 Å². The lowest BCUT2D eigenvalue weighted by Crippen LogP contribution is -2.27. The van der Waals surface area contributed by atoms with Crippen molar-refractivity contribution in [2.24, 2.45) is 0 Å². The standard InChI is InChI=1S/C20H21ClN4O2S2/c1-13-7-8-15(10-17(13)21)22-19-23-24-20(29-19)28-12-18(26)25(2)11-14-5-4-6-16(9-14)27-3/h4-10H,11-12H2,1-3H3,(H,22,23). The van der Waals surface area contributed by atoms with Crippen LogP contribution >= 0.6 is 34.7 Å². The van der Waals surface area contributed by atoms with E-state index in [1.54, 1.807) is 19.1 Å². The third kappa shape index (κ3) is 6.09. The van der Waals surface area contributed by atoms with Crippen LogP contribution in [0.4, 0.5) is 10.8 Å². The molecule has 0 saturated heterocycles. The summed E-state index contributed by atoms with van der Waals surface area (Å²) in [4.78, 5) is 14.1. The minimum absolute atomic E-state index is 0.0212. The molecule has 0 fully saturated rings. The maximum Gasteiger partial charge on any atom is 0.233 e. The molecular weight excluding hydrogens is 428 g/mol. The molecule has 0 aliphatic heterocycles. The predicted molar refractivity (Wildman–Crippen MR) is 120 cm³/mol. The van der Waals surface area contributed by atoms with Crippen LogP contribution in [0.15, 0.2) is 46.8 Å². The van der Waals surface area contributed by atoms with Crippen molar-refractivity contribution < 1.29 is 9.53 Å². The smallest absolute Gasteiger partial charge is 0.233 e. The van der Waals surface area contributed by atoms with Crippen molar-refractivity contribution in [2.45, 2.75) is 17.8 Å². The number of anilines is 2. The topological polar surface area (TPSA) is 67.3 Å². The van der Waals surface area contributed by atoms with Crippen molar-refractivity contribution >= 4 is 51.4 Å². The van der Waals surface area contributed by atoms with E-state index in [2.05, 4.69) is 15.5 Å². The number of carbonyl (C=O) groups is 1. The van der Waals surface area contributed by atoms with Crippen LogP contribution in [-0.4, -0.2) is 40.9 Å². The molecule has 2 aromatic carbocycles. The van der Waals surface area contributed by atoms with Crippen LogP contribution in [0.5, 0.6) is 5.75 Å². The van der Waals surface area contributed by atoms with E-state index in [9.17, 15) is 4.79 Å². The average Bonchev–Trinajstić information content (AvgIpc) is 3.16. The van der Waals surface area contributed by atoms with Gasteiger partial charge in [-0.2, -0.15) is 0 Å². The van der Waals surface area contributed by atoms with E-state index in [0.717, 1.165) is 26.9 Å². The van der Waals surface area contributed by atoms with E-state index >= 15 is 0 Å². The normalized spacial score (nSPS) is 10.6. The van der Waals surface area contributed by atoms with Crippen molar-refractivity contribution in [3.63, 3.8) is 0 Å². The fourth-order valence-electron chi connectivity index (χ4n) is 2.48. The third-order valence-corrected chi connectivity index (χ3v) is 6.49. The fourth-order valence-corrected chi connectivity index (χ4v) is 4.37. The molecule has 29 heavy (non-hydrogen) atoms. The highest BCUT2D eigenvalue weighted by atomic mass is 35.5. The predicted octanol–water partition coefficient (Wildman–Crippen LogP) is 5.00. The van der Waals surface area contributed by atoms with Gasteiger partial charge in [0, 0.05) is 24.3 Å². The maximum atomic E-state index is 12.4. The van der Waals surface area contributed by atoms with Gasteiger partial charge in [-0.25, -0.2) is 0 Å². The van der Waals surface area contributed by atoms with Crippen molar-refractivity contribution in [2.75, 3.05) is 25.2 Å². The van der Waals surface area contributed by atoms with E-state index in [-0.39, 0.29) is 5.91 Å². The fraction of sp³-hybridized carbons (Fsp3) is 0.250. The Bertz CT molecular complexity index is 996. The molecule has 1 aromatic heterocycles. The van der Waals surface area contributed by atoms with Gasteiger partial charge in [-0.3, -0.25) is 4.79 Å². The maximum absolute atomic E-state index is 12.4. The summed E-state index contributed by atoms with van der Waals surface area (Å²) in [6, 6.07) is 13.4. The summed E-state index contributed by atoms with van der Waals surface area (Å²) < 4.78 is 5.96. The summed E-state index contributed by atoms with van der Waals surface area (Å²) in [6.07, 6.45) is 0. The number of nitrogens with zero attached hydrogens (tertiary/aromatic N) is 3. The van der Waals surface area contributed by atoms with E-state index in [4.69, 9.17) is 16.3 Å². The van der Waals surface area contributed by atoms with E-state index < -0.39 is 0 Å². The summed E-state index contributed by atoms with van der Waals surface area (Å²) in [5, 5.41) is 12.8. The van der Waals surface area contributed by atoms with Crippen molar-refractivity contribution in [1.82, 2.24) is 15.1 Å². The molecule has 1 amide bonds. The monoisotopic (exact) mass is 448 g/mol. The van der Waals surface area contributed by atoms with Gasteiger partial charge in [0.25, 0.3) is 0 Å². The van der Waals surface area contributed by atoms with Gasteiger partial charge in [-0.1, -0.05) is 52.9 Å². The molecule has 1 N–H and O–H groups in total. The number of aromatic nitrogens is 2. The summed E-state index contributed by atoms with van der Waals surface area (Å²) in [7, 11) is 3.42. The zero-order valence-electron chi connectivity index (χ0n) is 16.3. The number of methoxy groups -OCH3 is 1. The van der Waals surface area contributed by atoms with Crippen LogP contribution < -0.4 is 10.1 Å². The second kappa shape index (κ2) is 9.96. The molecular formula is C20H21ClN4O2S2. The molecule has 6 nitrogen and oxygen atoms in total. The van der Waals surface area contributed by atoms with Gasteiger partial charge in [0.05, 0.1) is 12.9 Å². The molecule has 0 unspecified atom stereocenters. The largest absolute Gasteiger partial charge is 0.497 e. The first-order chi connectivity index (χ1) is 13.9. The van der Waals surface area contributed by atoms with E-state index in [1.807, 2.05) is 49.4 Å². The summed E-state index contributed by atoms with van der Waals surface area (Å²) >= 11 is 8.92. The first kappa shape index (κ1) is 21.4. The molecule has 0 aliphatic carbocycles. The van der Waals surface area contributed by atoms with Crippen LogP contribution in [0.2, 0.25) is 5.02 Å². The molecule has 0 atom stereocenters. The number of amides is 1. The van der Waals surface area contributed by atoms with Crippen LogP contribution in [0.25, 0.3) is 0 Å². The Morgan fingerprint density at radius 1 is 1.28 bits per heavy atom. The average molecular weight is 449 g/mol. The molecule has 0 spiro atoms. The van der Waals surface area contributed by atoms with Crippen LogP contribution in [0.3, 0.4) is 0 Å². The quantitative estimate of drug-likeness (QED) is 0.489. The molecule has 0 saturated carbocycles. The van der Waals surface area contributed by atoms with Gasteiger partial charge in [0.1, 0.15) is 5.75 Å². The Morgan fingerprint density at radius 3 is 2.86 bits per heavy atom. The lowest BCUT2D eigenvalue weighted by Gasteiger charge is -2.17. The highest BCUT2D eigenvalue weighted by molar-refractivity contribution is 8.01. The number of hydrogen-bond acceptors (Lipinski definition) is 7. The Labute approximate surface area is 183 Å². The number of hydrogen-bond donors (Lipinski definition) is 1. The Hall–Kier alpha value is -2.29. The van der Waals surface area contributed by atoms with Crippen LogP contribution in [0, 0.1) is 6.92 Å². The van der Waals surface area contributed by atoms with Gasteiger partial charge in [-0.15, -0.1) is 10.2 Å². The number of rotatable bonds is 8. The number of benzene rings is 2. The van der Waals surface area contributed by atoms with Gasteiger partial charge < -0.3 is 15.0 Å². The second-order valence-corrected chi connectivity index (χ2v) is 8.96. The molecule has 152 valence electrons. The molecule has 9 heteroatoms. The number of aryl methyl sites for hydroxylation is 1. The first-order valence-electron chi connectivity index (χ1n) is 8.81. The number of thioether (sulfide) groups is 1. The van der Waals surface area contributed by atoms with Crippen molar-refractivity contribution in [1.29, 1.82) is 0 Å².